The first kappa shape index (κ1) is 18.4. The molecule has 1 unspecified atom stereocenters. The summed E-state index contributed by atoms with van der Waals surface area (Å²) >= 11 is 0. The van der Waals surface area contributed by atoms with Crippen LogP contribution in [0.1, 0.15) is 19.8 Å². The fourth-order valence-corrected chi connectivity index (χ4v) is 8.58. The van der Waals surface area contributed by atoms with Crippen molar-refractivity contribution < 1.29 is 9.90 Å². The molecule has 0 saturated heterocycles. The van der Waals surface area contributed by atoms with Crippen LogP contribution < -0.4 is 21.0 Å². The lowest BCUT2D eigenvalue weighted by Crippen LogP contribution is -2.47. The molecular formula is C23H23O2P. The van der Waals surface area contributed by atoms with E-state index in [0.29, 0.717) is 6.42 Å². The average Bonchev–Trinajstić information content (AvgIpc) is 2.70. The number of carbonyl (C=O) groups excluding carboxylic acids is 1. The molecule has 0 aliphatic carbocycles. The highest BCUT2D eigenvalue weighted by Gasteiger charge is 2.52. The fourth-order valence-electron chi connectivity index (χ4n) is 3.72. The maximum Gasteiger partial charge on any atom is 0.123 e. The van der Waals surface area contributed by atoms with E-state index >= 15 is 0 Å². The van der Waals surface area contributed by atoms with E-state index in [4.69, 9.17) is 0 Å². The van der Waals surface area contributed by atoms with Gasteiger partial charge in [-0.15, -0.1) is 0 Å². The number of rotatable bonds is 7. The summed E-state index contributed by atoms with van der Waals surface area (Å²) in [5.41, 5.74) is -0.556. The maximum atomic E-state index is 12.4. The van der Waals surface area contributed by atoms with Crippen LogP contribution in [0.15, 0.2) is 91.0 Å². The van der Waals surface area contributed by atoms with Crippen LogP contribution in [0, 0.1) is 0 Å². The van der Waals surface area contributed by atoms with Gasteiger partial charge in [0.05, 0.1) is 5.97 Å². The average molecular weight is 362 g/mol. The molecule has 0 spiro atoms. The van der Waals surface area contributed by atoms with Crippen molar-refractivity contribution in [2.75, 3.05) is 0 Å². The molecule has 0 fully saturated rings. The largest absolute Gasteiger partial charge is 0.546 e. The van der Waals surface area contributed by atoms with Crippen molar-refractivity contribution >= 4 is 29.1 Å². The predicted octanol–water partition coefficient (Wildman–Crippen LogP) is 2.90. The summed E-state index contributed by atoms with van der Waals surface area (Å²) in [4.78, 5) is 12.4. The van der Waals surface area contributed by atoms with Crippen molar-refractivity contribution in [3.8, 4) is 0 Å². The van der Waals surface area contributed by atoms with Gasteiger partial charge in [0.1, 0.15) is 28.8 Å². The molecular weight excluding hydrogens is 339 g/mol. The Bertz CT molecular complexity index is 735. The topological polar surface area (TPSA) is 40.1 Å². The fraction of sp³-hybridized carbons (Fsp3) is 0.174. The van der Waals surface area contributed by atoms with Crippen molar-refractivity contribution in [1.29, 1.82) is 0 Å². The monoisotopic (exact) mass is 362 g/mol. The van der Waals surface area contributed by atoms with Gasteiger partial charge in [0.25, 0.3) is 0 Å². The standard InChI is InChI=1S/C23H23O2P/c1-2-12-22(23(24)25)26(19-13-6-3-7-14-19,20-15-8-4-9-16-20)21-17-10-5-11-18-21/h3-11,13-18,22H,2,12H2,1H3. The van der Waals surface area contributed by atoms with Gasteiger partial charge in [-0.2, -0.15) is 0 Å². The summed E-state index contributed by atoms with van der Waals surface area (Å²) < 4.78 is 0. The Balaban J connectivity index is 2.40. The van der Waals surface area contributed by atoms with Gasteiger partial charge in [0.2, 0.25) is 0 Å². The Morgan fingerprint density at radius 1 is 0.769 bits per heavy atom. The summed E-state index contributed by atoms with van der Waals surface area (Å²) in [5.74, 6) is -0.961. The molecule has 0 amide bonds. The van der Waals surface area contributed by atoms with E-state index in [0.717, 1.165) is 22.3 Å². The minimum Gasteiger partial charge on any atom is -0.546 e. The quantitative estimate of drug-likeness (QED) is 0.607. The molecule has 1 atom stereocenters. The van der Waals surface area contributed by atoms with Gasteiger partial charge in [-0.05, 0) is 42.8 Å². The van der Waals surface area contributed by atoms with Crippen LogP contribution in [-0.4, -0.2) is 11.6 Å². The molecule has 2 nitrogen and oxygen atoms in total. The summed E-state index contributed by atoms with van der Waals surface area (Å²) in [6, 6.07) is 30.3. The zero-order chi connectivity index (χ0) is 18.4. The van der Waals surface area contributed by atoms with E-state index in [1.165, 1.54) is 0 Å². The molecule has 0 N–H and O–H groups in total. The Labute approximate surface area is 155 Å². The van der Waals surface area contributed by atoms with Crippen LogP contribution in [0.2, 0.25) is 0 Å². The number of carbonyl (C=O) groups is 1. The van der Waals surface area contributed by atoms with Crippen molar-refractivity contribution in [3.63, 3.8) is 0 Å². The summed E-state index contributed by atoms with van der Waals surface area (Å²) in [6.45, 7) is 2.03. The lowest BCUT2D eigenvalue weighted by Gasteiger charge is -2.35. The van der Waals surface area contributed by atoms with Gasteiger partial charge in [-0.3, -0.25) is 0 Å². The Morgan fingerprint density at radius 3 is 1.38 bits per heavy atom. The molecule has 132 valence electrons. The van der Waals surface area contributed by atoms with E-state index < -0.39 is 18.9 Å². The van der Waals surface area contributed by atoms with Gasteiger partial charge >= 0.3 is 0 Å². The van der Waals surface area contributed by atoms with Gasteiger partial charge < -0.3 is 9.90 Å². The smallest absolute Gasteiger partial charge is 0.123 e. The number of carboxylic acids is 1. The number of carboxylic acid groups (broad SMARTS) is 1. The molecule has 3 aromatic rings. The minimum absolute atomic E-state index is 0.556. The Hall–Kier alpha value is -2.44. The summed E-state index contributed by atoms with van der Waals surface area (Å²) in [5, 5.41) is 15.6. The minimum atomic E-state index is -2.40. The summed E-state index contributed by atoms with van der Waals surface area (Å²) in [6.07, 6.45) is 1.39. The van der Waals surface area contributed by atoms with Gasteiger partial charge in [-0.1, -0.05) is 67.9 Å². The zero-order valence-corrected chi connectivity index (χ0v) is 15.8. The van der Waals surface area contributed by atoms with E-state index in [2.05, 4.69) is 36.4 Å². The second kappa shape index (κ2) is 8.29. The molecule has 0 radical (unpaired) electrons. The third-order valence-corrected chi connectivity index (χ3v) is 9.53. The van der Waals surface area contributed by atoms with Crippen LogP contribution in [0.5, 0.6) is 0 Å². The predicted molar refractivity (Wildman–Crippen MR) is 109 cm³/mol. The van der Waals surface area contributed by atoms with Gasteiger partial charge in [0.15, 0.2) is 0 Å². The first-order valence-corrected chi connectivity index (χ1v) is 10.8. The molecule has 3 aromatic carbocycles. The van der Waals surface area contributed by atoms with Crippen LogP contribution in [0.4, 0.5) is 0 Å². The number of aliphatic carboxylic acids is 1. The Morgan fingerprint density at radius 2 is 1.12 bits per heavy atom. The molecule has 0 bridgehead atoms. The van der Waals surface area contributed by atoms with Crippen molar-refractivity contribution in [2.45, 2.75) is 25.4 Å². The third kappa shape index (κ3) is 3.30. The van der Waals surface area contributed by atoms with Crippen LogP contribution in [0.3, 0.4) is 0 Å². The molecule has 0 aliphatic heterocycles. The highest BCUT2D eigenvalue weighted by molar-refractivity contribution is 7.96. The second-order valence-corrected chi connectivity index (χ2v) is 9.97. The first-order valence-electron chi connectivity index (χ1n) is 8.97. The number of hydrogen-bond acceptors (Lipinski definition) is 2. The Kier molecular flexibility index (Phi) is 5.85. The number of hydrogen-bond donors (Lipinski definition) is 0. The van der Waals surface area contributed by atoms with Gasteiger partial charge in [-0.25, -0.2) is 0 Å². The molecule has 0 saturated carbocycles. The third-order valence-electron chi connectivity index (χ3n) is 4.79. The molecule has 0 aliphatic rings. The first-order chi connectivity index (χ1) is 12.7. The highest BCUT2D eigenvalue weighted by atomic mass is 31.2. The second-order valence-electron chi connectivity index (χ2n) is 6.35. The van der Waals surface area contributed by atoms with E-state index in [-0.39, 0.29) is 0 Å². The van der Waals surface area contributed by atoms with Gasteiger partial charge in [0, 0.05) is 0 Å². The summed E-state index contributed by atoms with van der Waals surface area (Å²) in [7, 11) is -2.40. The molecule has 3 rings (SSSR count). The zero-order valence-electron chi connectivity index (χ0n) is 14.9. The van der Waals surface area contributed by atoms with Crippen LogP contribution in [-0.2, 0) is 4.79 Å². The molecule has 26 heavy (non-hydrogen) atoms. The van der Waals surface area contributed by atoms with Crippen LogP contribution in [0.25, 0.3) is 0 Å². The molecule has 0 aromatic heterocycles. The van der Waals surface area contributed by atoms with Crippen molar-refractivity contribution in [2.24, 2.45) is 0 Å². The SMILES string of the molecule is CCCC(C(=O)[O-])[P+](c1ccccc1)(c1ccccc1)c1ccccc1. The normalized spacial score (nSPS) is 12.5. The highest BCUT2D eigenvalue weighted by Crippen LogP contribution is 2.60. The molecule has 3 heteroatoms. The van der Waals surface area contributed by atoms with Crippen molar-refractivity contribution in [3.05, 3.63) is 91.0 Å². The van der Waals surface area contributed by atoms with E-state index in [9.17, 15) is 9.90 Å². The van der Waals surface area contributed by atoms with E-state index in [1.54, 1.807) is 0 Å². The van der Waals surface area contributed by atoms with Crippen LogP contribution >= 0.6 is 7.26 Å². The lowest BCUT2D eigenvalue weighted by atomic mass is 10.2. The van der Waals surface area contributed by atoms with Crippen molar-refractivity contribution in [1.82, 2.24) is 0 Å². The maximum absolute atomic E-state index is 12.4. The molecule has 0 heterocycles. The number of benzene rings is 3. The lowest BCUT2D eigenvalue weighted by molar-refractivity contribution is -0.305. The van der Waals surface area contributed by atoms with E-state index in [1.807, 2.05) is 61.5 Å².